The van der Waals surface area contributed by atoms with Crippen molar-refractivity contribution in [1.82, 2.24) is 0 Å². The minimum Gasteiger partial charge on any atom is -0.493 e. The zero-order chi connectivity index (χ0) is 15.1. The molecule has 0 aromatic heterocycles. The second-order valence-corrected chi connectivity index (χ2v) is 5.14. The van der Waals surface area contributed by atoms with Crippen LogP contribution < -0.4 is 9.47 Å². The molecule has 0 amide bonds. The molecule has 1 aromatic carbocycles. The molecule has 0 saturated heterocycles. The van der Waals surface area contributed by atoms with Gasteiger partial charge in [-0.3, -0.25) is 4.79 Å². The third-order valence-electron chi connectivity index (χ3n) is 3.33. The molecule has 5 nitrogen and oxygen atoms in total. The SMILES string of the molecule is COc1ccc(/C=N/OCC(C)=O)cc1OC1CCCC1. The maximum absolute atomic E-state index is 10.8. The van der Waals surface area contributed by atoms with E-state index in [1.54, 1.807) is 13.3 Å². The first-order valence-corrected chi connectivity index (χ1v) is 7.18. The number of ether oxygens (including phenoxy) is 2. The third-order valence-corrected chi connectivity index (χ3v) is 3.33. The standard InChI is InChI=1S/C16H21NO4/c1-12(18)11-20-17-10-13-7-8-15(19-2)16(9-13)21-14-5-3-4-6-14/h7-10,14H,3-6,11H2,1-2H3/b17-10+. The summed E-state index contributed by atoms with van der Waals surface area (Å²) >= 11 is 0. The summed E-state index contributed by atoms with van der Waals surface area (Å²) in [6, 6.07) is 5.58. The van der Waals surface area contributed by atoms with Crippen molar-refractivity contribution in [2.75, 3.05) is 13.7 Å². The van der Waals surface area contributed by atoms with Gasteiger partial charge in [0.25, 0.3) is 0 Å². The summed E-state index contributed by atoms with van der Waals surface area (Å²) in [5, 5.41) is 3.77. The molecule has 0 aliphatic heterocycles. The largest absolute Gasteiger partial charge is 0.493 e. The summed E-state index contributed by atoms with van der Waals surface area (Å²) in [6.07, 6.45) is 6.43. The van der Waals surface area contributed by atoms with Gasteiger partial charge in [-0.2, -0.15) is 0 Å². The minimum absolute atomic E-state index is 0.0158. The quantitative estimate of drug-likeness (QED) is 0.572. The van der Waals surface area contributed by atoms with Crippen LogP contribution in [0.5, 0.6) is 11.5 Å². The Hall–Kier alpha value is -2.04. The van der Waals surface area contributed by atoms with Crippen LogP contribution >= 0.6 is 0 Å². The Morgan fingerprint density at radius 2 is 2.10 bits per heavy atom. The Kier molecular flexibility index (Phi) is 5.60. The molecule has 0 spiro atoms. The molecule has 0 bridgehead atoms. The number of benzene rings is 1. The summed E-state index contributed by atoms with van der Waals surface area (Å²) in [5.74, 6) is 1.37. The summed E-state index contributed by atoms with van der Waals surface area (Å²) in [4.78, 5) is 15.6. The van der Waals surface area contributed by atoms with Gasteiger partial charge in [0.1, 0.15) is 0 Å². The van der Waals surface area contributed by atoms with Gasteiger partial charge in [-0.1, -0.05) is 5.16 Å². The van der Waals surface area contributed by atoms with Gasteiger partial charge < -0.3 is 14.3 Å². The number of Topliss-reactive ketones (excluding diaryl/α,β-unsaturated/α-hetero) is 1. The van der Waals surface area contributed by atoms with E-state index in [1.807, 2.05) is 18.2 Å². The van der Waals surface area contributed by atoms with Crippen molar-refractivity contribution >= 4 is 12.0 Å². The number of rotatable bonds is 7. The number of carbonyl (C=O) groups is 1. The van der Waals surface area contributed by atoms with Crippen LogP contribution in [0.1, 0.15) is 38.2 Å². The van der Waals surface area contributed by atoms with Gasteiger partial charge in [-0.25, -0.2) is 0 Å². The van der Waals surface area contributed by atoms with Gasteiger partial charge in [0.05, 0.1) is 19.4 Å². The summed E-state index contributed by atoms with van der Waals surface area (Å²) in [5.41, 5.74) is 0.840. The Labute approximate surface area is 124 Å². The number of hydrogen-bond acceptors (Lipinski definition) is 5. The molecular weight excluding hydrogens is 270 g/mol. The lowest BCUT2D eigenvalue weighted by atomic mass is 10.2. The van der Waals surface area contributed by atoms with E-state index in [1.165, 1.54) is 19.8 Å². The molecule has 1 aromatic rings. The van der Waals surface area contributed by atoms with E-state index in [4.69, 9.17) is 14.3 Å². The Balaban J connectivity index is 2.03. The van der Waals surface area contributed by atoms with Gasteiger partial charge in [0, 0.05) is 5.56 Å². The fourth-order valence-corrected chi connectivity index (χ4v) is 2.28. The van der Waals surface area contributed by atoms with Crippen LogP contribution in [0.2, 0.25) is 0 Å². The van der Waals surface area contributed by atoms with Crippen LogP contribution in [-0.4, -0.2) is 31.8 Å². The van der Waals surface area contributed by atoms with Crippen molar-refractivity contribution in [3.05, 3.63) is 23.8 Å². The fourth-order valence-electron chi connectivity index (χ4n) is 2.28. The van der Waals surface area contributed by atoms with Crippen molar-refractivity contribution in [3.63, 3.8) is 0 Å². The van der Waals surface area contributed by atoms with Gasteiger partial charge in [0.15, 0.2) is 23.9 Å². The highest BCUT2D eigenvalue weighted by molar-refractivity contribution is 5.81. The molecule has 1 saturated carbocycles. The third kappa shape index (κ3) is 4.77. The number of carbonyl (C=O) groups excluding carboxylic acids is 1. The van der Waals surface area contributed by atoms with Crippen LogP contribution in [0.25, 0.3) is 0 Å². The van der Waals surface area contributed by atoms with E-state index < -0.39 is 0 Å². The smallest absolute Gasteiger partial charge is 0.174 e. The van der Waals surface area contributed by atoms with Crippen LogP contribution in [0.15, 0.2) is 23.4 Å². The lowest BCUT2D eigenvalue weighted by Gasteiger charge is -2.16. The van der Waals surface area contributed by atoms with Gasteiger partial charge in [-0.05, 0) is 50.8 Å². The van der Waals surface area contributed by atoms with Gasteiger partial charge in [-0.15, -0.1) is 0 Å². The van der Waals surface area contributed by atoms with E-state index >= 15 is 0 Å². The van der Waals surface area contributed by atoms with E-state index in [9.17, 15) is 4.79 Å². The molecular formula is C16H21NO4. The molecule has 1 aliphatic carbocycles. The first-order chi connectivity index (χ1) is 10.2. The average molecular weight is 291 g/mol. The van der Waals surface area contributed by atoms with Crippen molar-refractivity contribution < 1.29 is 19.1 Å². The molecule has 1 aliphatic rings. The van der Waals surface area contributed by atoms with E-state index in [-0.39, 0.29) is 18.5 Å². The Morgan fingerprint density at radius 3 is 2.76 bits per heavy atom. The van der Waals surface area contributed by atoms with E-state index in [0.29, 0.717) is 5.75 Å². The highest BCUT2D eigenvalue weighted by Crippen LogP contribution is 2.32. The second-order valence-electron chi connectivity index (χ2n) is 5.14. The predicted octanol–water partition coefficient (Wildman–Crippen LogP) is 2.96. The zero-order valence-electron chi connectivity index (χ0n) is 12.5. The molecule has 114 valence electrons. The molecule has 2 rings (SSSR count). The highest BCUT2D eigenvalue weighted by Gasteiger charge is 2.18. The first kappa shape index (κ1) is 15.4. The van der Waals surface area contributed by atoms with E-state index in [2.05, 4.69) is 5.16 Å². The Morgan fingerprint density at radius 1 is 1.33 bits per heavy atom. The van der Waals surface area contributed by atoms with Gasteiger partial charge >= 0.3 is 0 Å². The lowest BCUT2D eigenvalue weighted by molar-refractivity contribution is -0.121. The molecule has 21 heavy (non-hydrogen) atoms. The van der Waals surface area contributed by atoms with Crippen LogP contribution in [0.3, 0.4) is 0 Å². The zero-order valence-corrected chi connectivity index (χ0v) is 12.5. The molecule has 0 atom stereocenters. The number of methoxy groups -OCH3 is 1. The molecule has 0 heterocycles. The highest BCUT2D eigenvalue weighted by atomic mass is 16.6. The maximum Gasteiger partial charge on any atom is 0.174 e. The fraction of sp³-hybridized carbons (Fsp3) is 0.500. The minimum atomic E-state index is -0.0628. The van der Waals surface area contributed by atoms with Crippen molar-refractivity contribution in [1.29, 1.82) is 0 Å². The monoisotopic (exact) mass is 291 g/mol. The molecule has 0 unspecified atom stereocenters. The lowest BCUT2D eigenvalue weighted by Crippen LogP contribution is -2.11. The summed E-state index contributed by atoms with van der Waals surface area (Å²) in [6.45, 7) is 1.44. The van der Waals surface area contributed by atoms with Crippen molar-refractivity contribution in [2.45, 2.75) is 38.7 Å². The predicted molar refractivity (Wildman–Crippen MR) is 80.1 cm³/mol. The molecule has 0 radical (unpaired) electrons. The summed E-state index contributed by atoms with van der Waals surface area (Å²) < 4.78 is 11.3. The molecule has 5 heteroatoms. The maximum atomic E-state index is 10.8. The molecule has 0 N–H and O–H groups in total. The number of nitrogens with zero attached hydrogens (tertiary/aromatic N) is 1. The van der Waals surface area contributed by atoms with Gasteiger partial charge in [0.2, 0.25) is 0 Å². The first-order valence-electron chi connectivity index (χ1n) is 7.18. The molecule has 1 fully saturated rings. The second kappa shape index (κ2) is 7.67. The van der Waals surface area contributed by atoms with Crippen molar-refractivity contribution in [2.24, 2.45) is 5.16 Å². The summed E-state index contributed by atoms with van der Waals surface area (Å²) in [7, 11) is 1.63. The van der Waals surface area contributed by atoms with Crippen LogP contribution in [0, 0.1) is 0 Å². The number of hydrogen-bond donors (Lipinski definition) is 0. The van der Waals surface area contributed by atoms with Crippen LogP contribution in [0.4, 0.5) is 0 Å². The normalized spacial score (nSPS) is 15.3. The van der Waals surface area contributed by atoms with E-state index in [0.717, 1.165) is 24.2 Å². The Bertz CT molecular complexity index is 507. The number of oxime groups is 1. The topological polar surface area (TPSA) is 57.1 Å². The average Bonchev–Trinajstić information content (AvgIpc) is 2.97. The van der Waals surface area contributed by atoms with Crippen LogP contribution in [-0.2, 0) is 9.63 Å². The van der Waals surface area contributed by atoms with Crippen molar-refractivity contribution in [3.8, 4) is 11.5 Å². The number of ketones is 1.